The van der Waals surface area contributed by atoms with Gasteiger partial charge in [-0.15, -0.1) is 35.3 Å². The Morgan fingerprint density at radius 1 is 1.15 bits per heavy atom. The number of fused-ring (bicyclic) bond motifs is 3. The number of piperazine rings is 4. The van der Waals surface area contributed by atoms with E-state index >= 15 is 0 Å². The fourth-order valence-corrected chi connectivity index (χ4v) is 5.00. The molecule has 8 heteroatoms. The van der Waals surface area contributed by atoms with E-state index in [9.17, 15) is 0 Å². The molecule has 5 rings (SSSR count). The minimum absolute atomic E-state index is 0. The zero-order valence-corrected chi connectivity index (χ0v) is 19.5. The molecule has 27 heavy (non-hydrogen) atoms. The molecule has 5 heterocycles. The maximum absolute atomic E-state index is 5.03. The monoisotopic (exact) mass is 504 g/mol. The summed E-state index contributed by atoms with van der Waals surface area (Å²) in [6, 6.07) is 4.99. The number of guanidine groups is 1. The molecule has 2 bridgehead atoms. The van der Waals surface area contributed by atoms with Crippen molar-refractivity contribution in [2.45, 2.75) is 19.5 Å². The number of nitrogens with zero attached hydrogens (tertiary/aromatic N) is 5. The van der Waals surface area contributed by atoms with Crippen molar-refractivity contribution in [2.24, 2.45) is 4.99 Å². The van der Waals surface area contributed by atoms with Gasteiger partial charge in [-0.2, -0.15) is 0 Å². The summed E-state index contributed by atoms with van der Waals surface area (Å²) in [5.74, 6) is 1.11. The number of nitrogens with one attached hydrogen (secondary N) is 1. The molecule has 4 aliphatic rings. The van der Waals surface area contributed by atoms with Gasteiger partial charge in [0.15, 0.2) is 5.96 Å². The van der Waals surface area contributed by atoms with E-state index in [1.54, 1.807) is 0 Å². The summed E-state index contributed by atoms with van der Waals surface area (Å²) in [6.07, 6.45) is 0. The van der Waals surface area contributed by atoms with Crippen LogP contribution in [0.4, 0.5) is 0 Å². The van der Waals surface area contributed by atoms with Crippen LogP contribution in [0, 0.1) is 0 Å². The Balaban J connectivity index is 0.00000210. The van der Waals surface area contributed by atoms with Crippen LogP contribution in [0.2, 0.25) is 0 Å². The zero-order valence-electron chi connectivity index (χ0n) is 16.3. The highest BCUT2D eigenvalue weighted by molar-refractivity contribution is 14.0. The first-order valence-electron chi connectivity index (χ1n) is 10.1. The summed E-state index contributed by atoms with van der Waals surface area (Å²) >= 11 is 1.86. The van der Waals surface area contributed by atoms with Crippen LogP contribution in [0.3, 0.4) is 0 Å². The highest BCUT2D eigenvalue weighted by atomic mass is 127. The third-order valence-corrected chi connectivity index (χ3v) is 6.67. The molecular weight excluding hydrogens is 471 g/mol. The van der Waals surface area contributed by atoms with Crippen LogP contribution in [0.15, 0.2) is 22.5 Å². The van der Waals surface area contributed by atoms with E-state index < -0.39 is 0 Å². The van der Waals surface area contributed by atoms with Crippen molar-refractivity contribution in [2.75, 3.05) is 72.0 Å². The fraction of sp³-hybridized carbons (Fsp3) is 0.737. The quantitative estimate of drug-likeness (QED) is 0.374. The van der Waals surface area contributed by atoms with Gasteiger partial charge in [-0.3, -0.25) is 19.7 Å². The molecule has 152 valence electrons. The standard InChI is InChI=1S/C19H32N6S.HI/c1-2-20-19(21-14-17-15-22-5-9-24(17)10-6-22)25-11-7-23(8-12-25)16-18-4-3-13-26-18;/h3-4,13,17H,2,5-12,14-16H2,1H3,(H,20,21);1H. The van der Waals surface area contributed by atoms with Crippen LogP contribution in [0.5, 0.6) is 0 Å². The van der Waals surface area contributed by atoms with E-state index in [1.165, 1.54) is 37.6 Å². The molecular formula is C19H33IN6S. The van der Waals surface area contributed by atoms with Crippen molar-refractivity contribution in [3.63, 3.8) is 0 Å². The van der Waals surface area contributed by atoms with Crippen molar-refractivity contribution < 1.29 is 0 Å². The second-order valence-corrected chi connectivity index (χ2v) is 8.56. The molecule has 1 atom stereocenters. The Morgan fingerprint density at radius 3 is 2.52 bits per heavy atom. The molecule has 0 aliphatic carbocycles. The van der Waals surface area contributed by atoms with Gasteiger partial charge in [-0.25, -0.2) is 0 Å². The topological polar surface area (TPSA) is 37.4 Å². The number of hydrogen-bond donors (Lipinski definition) is 1. The lowest BCUT2D eigenvalue weighted by atomic mass is 10.1. The van der Waals surface area contributed by atoms with E-state index in [-0.39, 0.29) is 24.0 Å². The second kappa shape index (κ2) is 10.4. The van der Waals surface area contributed by atoms with E-state index in [4.69, 9.17) is 4.99 Å². The Labute approximate surface area is 184 Å². The minimum atomic E-state index is 0. The minimum Gasteiger partial charge on any atom is -0.357 e. The summed E-state index contributed by atoms with van der Waals surface area (Å²) in [7, 11) is 0. The summed E-state index contributed by atoms with van der Waals surface area (Å²) in [5, 5.41) is 5.70. The number of hydrogen-bond acceptors (Lipinski definition) is 5. The van der Waals surface area contributed by atoms with E-state index in [1.807, 2.05) is 11.3 Å². The molecule has 0 aromatic carbocycles. The van der Waals surface area contributed by atoms with Crippen molar-refractivity contribution in [3.8, 4) is 0 Å². The maximum Gasteiger partial charge on any atom is 0.194 e. The zero-order chi connectivity index (χ0) is 17.8. The number of aliphatic imine (C=N–C) groups is 1. The lowest BCUT2D eigenvalue weighted by molar-refractivity contribution is 0.0173. The van der Waals surface area contributed by atoms with E-state index in [2.05, 4.69) is 49.4 Å². The van der Waals surface area contributed by atoms with Crippen molar-refractivity contribution >= 4 is 41.3 Å². The Kier molecular flexibility index (Phi) is 8.19. The van der Waals surface area contributed by atoms with Gasteiger partial charge >= 0.3 is 0 Å². The molecule has 1 N–H and O–H groups in total. The molecule has 4 saturated heterocycles. The van der Waals surface area contributed by atoms with Gasteiger partial charge in [0.05, 0.1) is 6.54 Å². The predicted molar refractivity (Wildman–Crippen MR) is 124 cm³/mol. The van der Waals surface area contributed by atoms with Crippen molar-refractivity contribution in [1.82, 2.24) is 24.9 Å². The van der Waals surface area contributed by atoms with Crippen LogP contribution in [-0.4, -0.2) is 104 Å². The molecule has 4 aliphatic heterocycles. The number of halogens is 1. The van der Waals surface area contributed by atoms with Crippen molar-refractivity contribution in [3.05, 3.63) is 22.4 Å². The van der Waals surface area contributed by atoms with Gasteiger partial charge in [0.2, 0.25) is 0 Å². The van der Waals surface area contributed by atoms with E-state index in [0.717, 1.165) is 51.8 Å². The normalized spacial score (nSPS) is 28.9. The van der Waals surface area contributed by atoms with Gasteiger partial charge in [-0.1, -0.05) is 6.07 Å². The molecule has 4 fully saturated rings. The maximum atomic E-state index is 5.03. The summed E-state index contributed by atoms with van der Waals surface area (Å²) < 4.78 is 0. The molecule has 1 aromatic rings. The Hall–Kier alpha value is -0.420. The van der Waals surface area contributed by atoms with Crippen LogP contribution < -0.4 is 5.32 Å². The third-order valence-electron chi connectivity index (χ3n) is 5.81. The first kappa shape index (κ1) is 21.3. The number of rotatable bonds is 5. The molecule has 6 nitrogen and oxygen atoms in total. The van der Waals surface area contributed by atoms with E-state index in [0.29, 0.717) is 6.04 Å². The highest BCUT2D eigenvalue weighted by Crippen LogP contribution is 2.16. The lowest BCUT2D eigenvalue weighted by Gasteiger charge is -2.47. The van der Waals surface area contributed by atoms with Crippen LogP contribution >= 0.6 is 35.3 Å². The first-order chi connectivity index (χ1) is 12.8. The highest BCUT2D eigenvalue weighted by Gasteiger charge is 2.31. The average molecular weight is 504 g/mol. The largest absolute Gasteiger partial charge is 0.357 e. The molecule has 1 unspecified atom stereocenters. The number of thiophene rings is 1. The predicted octanol–water partition coefficient (Wildman–Crippen LogP) is 1.45. The van der Waals surface area contributed by atoms with Gasteiger partial charge in [0.25, 0.3) is 0 Å². The second-order valence-electron chi connectivity index (χ2n) is 7.53. The Morgan fingerprint density at radius 2 is 1.93 bits per heavy atom. The van der Waals surface area contributed by atoms with Gasteiger partial charge in [0.1, 0.15) is 0 Å². The molecule has 0 amide bonds. The Bertz CT molecular complexity index is 579. The molecule has 0 spiro atoms. The summed E-state index contributed by atoms with van der Waals surface area (Å²) in [4.78, 5) is 16.7. The summed E-state index contributed by atoms with van der Waals surface area (Å²) in [6.45, 7) is 15.6. The third kappa shape index (κ3) is 5.56. The van der Waals surface area contributed by atoms with Gasteiger partial charge in [-0.05, 0) is 18.4 Å². The SMILES string of the molecule is CCNC(=NCC1CN2CCN1CC2)N1CCN(Cc2cccs2)CC1.I. The average Bonchev–Trinajstić information content (AvgIpc) is 3.20. The van der Waals surface area contributed by atoms with Crippen molar-refractivity contribution in [1.29, 1.82) is 0 Å². The van der Waals surface area contributed by atoms with Crippen LogP contribution in [0.1, 0.15) is 11.8 Å². The molecule has 0 radical (unpaired) electrons. The fourth-order valence-electron chi connectivity index (χ4n) is 4.26. The molecule has 0 saturated carbocycles. The molecule has 1 aromatic heterocycles. The lowest BCUT2D eigenvalue weighted by Crippen LogP contribution is -2.62. The van der Waals surface area contributed by atoms with Crippen LogP contribution in [-0.2, 0) is 6.54 Å². The van der Waals surface area contributed by atoms with Gasteiger partial charge in [0, 0.05) is 82.9 Å². The first-order valence-corrected chi connectivity index (χ1v) is 10.9. The van der Waals surface area contributed by atoms with Crippen LogP contribution in [0.25, 0.3) is 0 Å². The smallest absolute Gasteiger partial charge is 0.194 e. The van der Waals surface area contributed by atoms with Gasteiger partial charge < -0.3 is 10.2 Å². The summed E-state index contributed by atoms with van der Waals surface area (Å²) in [5.41, 5.74) is 0.